The van der Waals surface area contributed by atoms with Crippen molar-refractivity contribution in [3.63, 3.8) is 0 Å². The normalized spacial score (nSPS) is 14.1. The van der Waals surface area contributed by atoms with Gasteiger partial charge < -0.3 is 24.8 Å². The van der Waals surface area contributed by atoms with E-state index in [4.69, 9.17) is 9.84 Å². The summed E-state index contributed by atoms with van der Waals surface area (Å²) in [5, 5.41) is 14.1. The number of hydrogen-bond donors (Lipinski definition) is 3. The van der Waals surface area contributed by atoms with Crippen LogP contribution in [0, 0.1) is 5.82 Å². The van der Waals surface area contributed by atoms with Gasteiger partial charge in [0.15, 0.2) is 0 Å². The molecule has 0 radical (unpaired) electrons. The average Bonchev–Trinajstić information content (AvgIpc) is 2.92. The Bertz CT molecular complexity index is 847. The van der Waals surface area contributed by atoms with Gasteiger partial charge in [-0.15, -0.1) is 0 Å². The molecule has 1 aliphatic heterocycles. The van der Waals surface area contributed by atoms with Gasteiger partial charge in [0.05, 0.1) is 31.5 Å². The maximum absolute atomic E-state index is 14.4. The van der Waals surface area contributed by atoms with Gasteiger partial charge in [-0.25, -0.2) is 14.0 Å². The number of aliphatic hydroxyl groups excluding tert-OH is 1. The summed E-state index contributed by atoms with van der Waals surface area (Å²) >= 11 is 0. The molecule has 158 valence electrons. The summed E-state index contributed by atoms with van der Waals surface area (Å²) < 4.78 is 24.2. The lowest BCUT2D eigenvalue weighted by atomic mass is 10.2. The average molecular weight is 409 g/mol. The van der Waals surface area contributed by atoms with Crippen LogP contribution in [0.25, 0.3) is 0 Å². The Labute approximate surface area is 167 Å². The van der Waals surface area contributed by atoms with Crippen LogP contribution < -0.4 is 10.6 Å². The van der Waals surface area contributed by atoms with Gasteiger partial charge in [0.2, 0.25) is 0 Å². The number of β-amino-alcohol motifs (C(OH)–C–C–N with tert-alkyl or cyclic N) is 1. The first-order valence-electron chi connectivity index (χ1n) is 8.84. The third kappa shape index (κ3) is 5.67. The van der Waals surface area contributed by atoms with Crippen molar-refractivity contribution in [3.8, 4) is 0 Å². The van der Waals surface area contributed by atoms with Gasteiger partial charge in [0.1, 0.15) is 17.1 Å². The summed E-state index contributed by atoms with van der Waals surface area (Å²) in [6.45, 7) is 4.78. The predicted octanol–water partition coefficient (Wildman–Crippen LogP) is 1.85. The fraction of sp³-hybridized carbons (Fsp3) is 0.421. The summed E-state index contributed by atoms with van der Waals surface area (Å²) in [6, 6.07) is 3.79. The second-order valence-corrected chi connectivity index (χ2v) is 7.24. The molecule has 1 aromatic carbocycles. The van der Waals surface area contributed by atoms with E-state index in [9.17, 15) is 18.8 Å². The zero-order valence-corrected chi connectivity index (χ0v) is 16.7. The first-order chi connectivity index (χ1) is 13.6. The number of benzene rings is 1. The SMILES string of the molecule is COC(=O)C1=C(Nc2ccc(NC(=O)OC(C)(C)C)c(F)c2)C(=O)N(CCO)C1. The molecule has 29 heavy (non-hydrogen) atoms. The number of nitrogens with zero attached hydrogens (tertiary/aromatic N) is 1. The zero-order valence-electron chi connectivity index (χ0n) is 16.7. The van der Waals surface area contributed by atoms with Gasteiger partial charge in [-0.3, -0.25) is 10.1 Å². The fourth-order valence-corrected chi connectivity index (χ4v) is 2.60. The van der Waals surface area contributed by atoms with Gasteiger partial charge in [-0.05, 0) is 39.0 Å². The smallest absolute Gasteiger partial charge is 0.412 e. The molecule has 0 atom stereocenters. The Hall–Kier alpha value is -3.14. The molecule has 0 bridgehead atoms. The molecule has 0 aromatic heterocycles. The number of carbonyl (C=O) groups is 3. The molecule has 0 saturated carbocycles. The number of nitrogens with one attached hydrogen (secondary N) is 2. The van der Waals surface area contributed by atoms with Crippen molar-refractivity contribution in [2.45, 2.75) is 26.4 Å². The molecule has 0 fully saturated rings. The number of anilines is 2. The predicted molar refractivity (Wildman–Crippen MR) is 103 cm³/mol. The van der Waals surface area contributed by atoms with E-state index in [1.807, 2.05) is 0 Å². The molecular formula is C19H24FN3O6. The van der Waals surface area contributed by atoms with Crippen LogP contribution in [0.2, 0.25) is 0 Å². The summed E-state index contributed by atoms with van der Waals surface area (Å²) in [7, 11) is 1.18. The monoisotopic (exact) mass is 409 g/mol. The van der Waals surface area contributed by atoms with Gasteiger partial charge in [-0.2, -0.15) is 0 Å². The van der Waals surface area contributed by atoms with Crippen LogP contribution in [0.4, 0.5) is 20.6 Å². The van der Waals surface area contributed by atoms with E-state index in [0.717, 1.165) is 6.07 Å². The van der Waals surface area contributed by atoms with E-state index >= 15 is 0 Å². The highest BCUT2D eigenvalue weighted by Gasteiger charge is 2.34. The number of halogens is 1. The molecule has 0 saturated heterocycles. The topological polar surface area (TPSA) is 117 Å². The summed E-state index contributed by atoms with van der Waals surface area (Å²) in [6.07, 6.45) is -0.807. The minimum Gasteiger partial charge on any atom is -0.466 e. The highest BCUT2D eigenvalue weighted by molar-refractivity contribution is 6.08. The van der Waals surface area contributed by atoms with Crippen molar-refractivity contribution in [3.05, 3.63) is 35.3 Å². The highest BCUT2D eigenvalue weighted by Crippen LogP contribution is 2.25. The summed E-state index contributed by atoms with van der Waals surface area (Å²) in [5.74, 6) is -1.99. The molecule has 0 aliphatic carbocycles. The van der Waals surface area contributed by atoms with E-state index in [-0.39, 0.29) is 42.3 Å². The van der Waals surface area contributed by atoms with Gasteiger partial charge in [-0.1, -0.05) is 0 Å². The van der Waals surface area contributed by atoms with E-state index in [1.165, 1.54) is 24.1 Å². The number of carbonyl (C=O) groups excluding carboxylic acids is 3. The maximum Gasteiger partial charge on any atom is 0.412 e. The first-order valence-corrected chi connectivity index (χ1v) is 8.84. The number of ether oxygens (including phenoxy) is 2. The van der Waals surface area contributed by atoms with Crippen molar-refractivity contribution >= 4 is 29.3 Å². The molecule has 3 N–H and O–H groups in total. The highest BCUT2D eigenvalue weighted by atomic mass is 19.1. The van der Waals surface area contributed by atoms with E-state index < -0.39 is 29.4 Å². The minimum absolute atomic E-state index is 0.0326. The molecular weight excluding hydrogens is 385 g/mol. The number of hydrogen-bond acceptors (Lipinski definition) is 7. The maximum atomic E-state index is 14.4. The quantitative estimate of drug-likeness (QED) is 0.614. The molecule has 0 unspecified atom stereocenters. The standard InChI is InChI=1S/C19H24FN3O6/c1-19(2,3)29-18(27)22-14-6-5-11(9-13(14)20)21-15-12(17(26)28-4)10-23(7-8-24)16(15)25/h5-6,9,21,24H,7-8,10H2,1-4H3,(H,22,27). The lowest BCUT2D eigenvalue weighted by molar-refractivity contribution is -0.136. The molecule has 2 rings (SSSR count). The van der Waals surface area contributed by atoms with Crippen LogP contribution >= 0.6 is 0 Å². The third-order valence-electron chi connectivity index (χ3n) is 3.83. The molecule has 9 nitrogen and oxygen atoms in total. The number of aliphatic hydroxyl groups is 1. The minimum atomic E-state index is -0.807. The van der Waals surface area contributed by atoms with Gasteiger partial charge in [0, 0.05) is 12.2 Å². The van der Waals surface area contributed by atoms with Crippen molar-refractivity contribution in [1.29, 1.82) is 0 Å². The molecule has 1 aliphatic rings. The van der Waals surface area contributed by atoms with Crippen molar-refractivity contribution in [2.75, 3.05) is 37.4 Å². The number of methoxy groups -OCH3 is 1. The van der Waals surface area contributed by atoms with Crippen LogP contribution in [-0.2, 0) is 19.1 Å². The Kier molecular flexibility index (Phi) is 6.80. The van der Waals surface area contributed by atoms with Crippen LogP contribution in [0.1, 0.15) is 20.8 Å². The van der Waals surface area contributed by atoms with E-state index in [0.29, 0.717) is 0 Å². The first kappa shape index (κ1) is 22.2. The summed E-state index contributed by atoms with van der Waals surface area (Å²) in [4.78, 5) is 37.5. The Morgan fingerprint density at radius 2 is 2.00 bits per heavy atom. The zero-order chi connectivity index (χ0) is 21.8. The summed E-state index contributed by atoms with van der Waals surface area (Å²) in [5.41, 5.74) is -0.637. The lowest BCUT2D eigenvalue weighted by Gasteiger charge is -2.20. The van der Waals surface area contributed by atoms with Crippen molar-refractivity contribution in [1.82, 2.24) is 4.90 Å². The molecule has 0 spiro atoms. The Morgan fingerprint density at radius 3 is 2.55 bits per heavy atom. The second-order valence-electron chi connectivity index (χ2n) is 7.24. The van der Waals surface area contributed by atoms with Crippen LogP contribution in [0.5, 0.6) is 0 Å². The molecule has 1 heterocycles. The fourth-order valence-electron chi connectivity index (χ4n) is 2.60. The second kappa shape index (κ2) is 8.91. The van der Waals surface area contributed by atoms with Crippen LogP contribution in [-0.4, -0.2) is 60.4 Å². The number of rotatable bonds is 6. The Balaban J connectivity index is 2.20. The van der Waals surface area contributed by atoms with Crippen molar-refractivity contribution < 1.29 is 33.4 Å². The molecule has 2 amide bonds. The Morgan fingerprint density at radius 1 is 1.31 bits per heavy atom. The lowest BCUT2D eigenvalue weighted by Crippen LogP contribution is -2.31. The molecule has 1 aromatic rings. The number of amides is 2. The van der Waals surface area contributed by atoms with Crippen LogP contribution in [0.3, 0.4) is 0 Å². The molecule has 10 heteroatoms. The van der Waals surface area contributed by atoms with E-state index in [1.54, 1.807) is 20.8 Å². The van der Waals surface area contributed by atoms with Crippen LogP contribution in [0.15, 0.2) is 29.5 Å². The van der Waals surface area contributed by atoms with E-state index in [2.05, 4.69) is 15.4 Å². The van der Waals surface area contributed by atoms with Gasteiger partial charge in [0.25, 0.3) is 5.91 Å². The largest absolute Gasteiger partial charge is 0.466 e. The number of esters is 1. The van der Waals surface area contributed by atoms with Gasteiger partial charge >= 0.3 is 12.1 Å². The third-order valence-corrected chi connectivity index (χ3v) is 3.83. The van der Waals surface area contributed by atoms with Crippen molar-refractivity contribution in [2.24, 2.45) is 0 Å².